The maximum atomic E-state index is 12.0. The molecule has 0 atom stereocenters. The molecule has 0 fully saturated rings. The molecular weight excluding hydrogens is 297 g/mol. The summed E-state index contributed by atoms with van der Waals surface area (Å²) in [5.41, 5.74) is 2.10. The number of anilines is 1. The molecule has 0 spiro atoms. The Morgan fingerprint density at radius 2 is 1.95 bits per heavy atom. The van der Waals surface area contributed by atoms with Crippen molar-refractivity contribution >= 4 is 34.8 Å². The molecule has 3 nitrogen and oxygen atoms in total. The number of hydrogen-bond acceptors (Lipinski definition) is 2. The highest BCUT2D eigenvalue weighted by Crippen LogP contribution is 2.21. The van der Waals surface area contributed by atoms with Crippen LogP contribution in [0.3, 0.4) is 0 Å². The first-order valence-electron chi connectivity index (χ1n) is 6.02. The smallest absolute Gasteiger partial charge is 0.228 e. The van der Waals surface area contributed by atoms with Gasteiger partial charge < -0.3 is 10.4 Å². The second-order valence-electron chi connectivity index (χ2n) is 4.32. The maximum Gasteiger partial charge on any atom is 0.228 e. The van der Waals surface area contributed by atoms with Crippen molar-refractivity contribution < 1.29 is 9.90 Å². The largest absolute Gasteiger partial charge is 0.392 e. The van der Waals surface area contributed by atoms with Crippen molar-refractivity contribution in [3.05, 3.63) is 63.6 Å². The van der Waals surface area contributed by atoms with Crippen molar-refractivity contribution in [1.82, 2.24) is 0 Å². The molecule has 0 aromatic heterocycles. The van der Waals surface area contributed by atoms with Crippen LogP contribution in [0.15, 0.2) is 42.5 Å². The fourth-order valence-electron chi connectivity index (χ4n) is 1.79. The third-order valence-corrected chi connectivity index (χ3v) is 3.35. The van der Waals surface area contributed by atoms with Crippen LogP contribution < -0.4 is 5.32 Å². The van der Waals surface area contributed by atoms with E-state index in [1.54, 1.807) is 42.5 Å². The van der Waals surface area contributed by atoms with E-state index in [2.05, 4.69) is 5.32 Å². The van der Waals surface area contributed by atoms with Crippen molar-refractivity contribution in [2.75, 3.05) is 5.32 Å². The average Bonchev–Trinajstić information content (AvgIpc) is 2.42. The zero-order valence-corrected chi connectivity index (χ0v) is 12.1. The van der Waals surface area contributed by atoms with Crippen molar-refractivity contribution in [3.8, 4) is 0 Å². The second-order valence-corrected chi connectivity index (χ2v) is 5.16. The minimum Gasteiger partial charge on any atom is -0.392 e. The molecule has 0 aliphatic carbocycles. The van der Waals surface area contributed by atoms with E-state index in [9.17, 15) is 4.79 Å². The molecule has 2 rings (SSSR count). The van der Waals surface area contributed by atoms with Crippen molar-refractivity contribution in [1.29, 1.82) is 0 Å². The first kappa shape index (κ1) is 14.9. The van der Waals surface area contributed by atoms with Crippen molar-refractivity contribution in [2.24, 2.45) is 0 Å². The summed E-state index contributed by atoms with van der Waals surface area (Å²) in [6.45, 7) is -0.0628. The van der Waals surface area contributed by atoms with E-state index in [1.165, 1.54) is 0 Å². The van der Waals surface area contributed by atoms with Gasteiger partial charge in [-0.1, -0.05) is 41.4 Å². The third kappa shape index (κ3) is 3.97. The van der Waals surface area contributed by atoms with Crippen molar-refractivity contribution in [2.45, 2.75) is 13.0 Å². The normalized spacial score (nSPS) is 10.3. The summed E-state index contributed by atoms with van der Waals surface area (Å²) in [5, 5.41) is 12.8. The first-order chi connectivity index (χ1) is 9.58. The number of amides is 1. The number of hydrogen-bond donors (Lipinski definition) is 2. The summed E-state index contributed by atoms with van der Waals surface area (Å²) >= 11 is 11.8. The molecule has 0 aliphatic rings. The highest BCUT2D eigenvalue weighted by molar-refractivity contribution is 6.35. The fraction of sp³-hybridized carbons (Fsp3) is 0.133. The number of nitrogens with one attached hydrogen (secondary N) is 1. The Hall–Kier alpha value is -1.55. The number of benzene rings is 2. The van der Waals surface area contributed by atoms with E-state index in [-0.39, 0.29) is 18.9 Å². The van der Waals surface area contributed by atoms with Gasteiger partial charge in [-0.2, -0.15) is 0 Å². The summed E-state index contributed by atoms with van der Waals surface area (Å²) in [5.74, 6) is -0.177. The van der Waals surface area contributed by atoms with Crippen LogP contribution >= 0.6 is 23.2 Å². The Balaban J connectivity index is 2.05. The van der Waals surface area contributed by atoms with Gasteiger partial charge in [-0.3, -0.25) is 4.79 Å². The van der Waals surface area contributed by atoms with Crippen LogP contribution in [0.25, 0.3) is 0 Å². The molecule has 0 aliphatic heterocycles. The van der Waals surface area contributed by atoms with E-state index in [1.807, 2.05) is 0 Å². The molecular formula is C15H13Cl2NO2. The maximum absolute atomic E-state index is 12.0. The number of aliphatic hydroxyl groups excluding tert-OH is 1. The number of carbonyl (C=O) groups excluding carboxylic acids is 1. The molecule has 0 unspecified atom stereocenters. The summed E-state index contributed by atoms with van der Waals surface area (Å²) in [6, 6.07) is 12.1. The van der Waals surface area contributed by atoms with Crippen LogP contribution in [0.4, 0.5) is 5.69 Å². The van der Waals surface area contributed by atoms with Gasteiger partial charge >= 0.3 is 0 Å². The Labute approximate surface area is 127 Å². The number of rotatable bonds is 4. The molecule has 104 valence electrons. The van der Waals surface area contributed by atoms with Crippen LogP contribution in [0.2, 0.25) is 10.0 Å². The van der Waals surface area contributed by atoms with Gasteiger partial charge in [0.15, 0.2) is 0 Å². The Bertz CT molecular complexity index is 629. The quantitative estimate of drug-likeness (QED) is 0.905. The minimum atomic E-state index is -0.177. The van der Waals surface area contributed by atoms with Gasteiger partial charge in [0, 0.05) is 15.7 Å². The highest BCUT2D eigenvalue weighted by Gasteiger charge is 2.08. The fourth-order valence-corrected chi connectivity index (χ4v) is 2.27. The van der Waals surface area contributed by atoms with Crippen LogP contribution in [0.1, 0.15) is 11.1 Å². The topological polar surface area (TPSA) is 49.3 Å². The van der Waals surface area contributed by atoms with Gasteiger partial charge in [0.1, 0.15) is 0 Å². The van der Waals surface area contributed by atoms with Gasteiger partial charge in [0.05, 0.1) is 13.0 Å². The monoisotopic (exact) mass is 309 g/mol. The van der Waals surface area contributed by atoms with E-state index in [0.29, 0.717) is 21.3 Å². The van der Waals surface area contributed by atoms with Crippen LogP contribution in [-0.4, -0.2) is 11.0 Å². The van der Waals surface area contributed by atoms with Crippen LogP contribution in [0.5, 0.6) is 0 Å². The van der Waals surface area contributed by atoms with Gasteiger partial charge in [0.25, 0.3) is 0 Å². The average molecular weight is 310 g/mol. The molecule has 5 heteroatoms. The molecule has 0 saturated carbocycles. The Kier molecular flexibility index (Phi) is 5.01. The predicted octanol–water partition coefficient (Wildman–Crippen LogP) is 3.67. The van der Waals surface area contributed by atoms with Gasteiger partial charge in [0.2, 0.25) is 5.91 Å². The van der Waals surface area contributed by atoms with Gasteiger partial charge in [-0.15, -0.1) is 0 Å². The summed E-state index contributed by atoms with van der Waals surface area (Å²) in [4.78, 5) is 12.0. The Morgan fingerprint density at radius 1 is 1.15 bits per heavy atom. The molecule has 2 aromatic carbocycles. The minimum absolute atomic E-state index is 0.0628. The first-order valence-corrected chi connectivity index (χ1v) is 6.77. The van der Waals surface area contributed by atoms with E-state index in [0.717, 1.165) is 5.56 Å². The van der Waals surface area contributed by atoms with Gasteiger partial charge in [-0.05, 0) is 35.4 Å². The van der Waals surface area contributed by atoms with E-state index >= 15 is 0 Å². The summed E-state index contributed by atoms with van der Waals surface area (Å²) in [6.07, 6.45) is 0.166. The molecule has 0 heterocycles. The highest BCUT2D eigenvalue weighted by atomic mass is 35.5. The third-order valence-electron chi connectivity index (χ3n) is 2.76. The Morgan fingerprint density at radius 3 is 2.65 bits per heavy atom. The lowest BCUT2D eigenvalue weighted by atomic mass is 10.1. The zero-order chi connectivity index (χ0) is 14.5. The number of carbonyl (C=O) groups is 1. The summed E-state index contributed by atoms with van der Waals surface area (Å²) < 4.78 is 0. The standard InChI is InChI=1S/C15H13Cl2NO2/c16-12-5-4-11(14(17)8-12)7-15(20)18-13-3-1-2-10(6-13)9-19/h1-6,8,19H,7,9H2,(H,18,20). The SMILES string of the molecule is O=C(Cc1ccc(Cl)cc1Cl)Nc1cccc(CO)c1. The lowest BCUT2D eigenvalue weighted by Crippen LogP contribution is -2.14. The van der Waals surface area contributed by atoms with Crippen molar-refractivity contribution in [3.63, 3.8) is 0 Å². The number of halogens is 2. The van der Waals surface area contributed by atoms with Crippen LogP contribution in [-0.2, 0) is 17.8 Å². The van der Waals surface area contributed by atoms with Crippen LogP contribution in [0, 0.1) is 0 Å². The van der Waals surface area contributed by atoms with E-state index in [4.69, 9.17) is 28.3 Å². The molecule has 2 N–H and O–H groups in total. The molecule has 20 heavy (non-hydrogen) atoms. The predicted molar refractivity (Wildman–Crippen MR) is 81.2 cm³/mol. The molecule has 0 bridgehead atoms. The molecule has 1 amide bonds. The van der Waals surface area contributed by atoms with Gasteiger partial charge in [-0.25, -0.2) is 0 Å². The second kappa shape index (κ2) is 6.75. The lowest BCUT2D eigenvalue weighted by molar-refractivity contribution is -0.115. The molecule has 0 saturated heterocycles. The zero-order valence-electron chi connectivity index (χ0n) is 10.6. The lowest BCUT2D eigenvalue weighted by Gasteiger charge is -2.08. The molecule has 0 radical (unpaired) electrons. The van der Waals surface area contributed by atoms with E-state index < -0.39 is 0 Å². The molecule has 2 aromatic rings. The number of aliphatic hydroxyl groups is 1. The summed E-state index contributed by atoms with van der Waals surface area (Å²) in [7, 11) is 0.